The van der Waals surface area contributed by atoms with Gasteiger partial charge in [0.15, 0.2) is 0 Å². The molecule has 1 aliphatic heterocycles. The van der Waals surface area contributed by atoms with Crippen molar-refractivity contribution in [1.29, 1.82) is 0 Å². The van der Waals surface area contributed by atoms with Gasteiger partial charge >= 0.3 is 0 Å². The van der Waals surface area contributed by atoms with E-state index in [-0.39, 0.29) is 12.5 Å². The molecule has 1 atom stereocenters. The number of hydrogen-bond donors (Lipinski definition) is 2. The Morgan fingerprint density at radius 2 is 1.92 bits per heavy atom. The molecule has 2 aromatic carbocycles. The summed E-state index contributed by atoms with van der Waals surface area (Å²) >= 11 is 0. The fourth-order valence-electron chi connectivity index (χ4n) is 3.16. The molecule has 0 saturated carbocycles. The average Bonchev–Trinajstić information content (AvgIpc) is 2.66. The summed E-state index contributed by atoms with van der Waals surface area (Å²) in [4.78, 5) is 14.1. The number of ether oxygens (including phenoxy) is 1. The second kappa shape index (κ2) is 8.14. The lowest BCUT2D eigenvalue weighted by atomic mass is 10.00. The zero-order valence-electron chi connectivity index (χ0n) is 14.4. The molecule has 1 heterocycles. The van der Waals surface area contributed by atoms with Gasteiger partial charge in [-0.15, -0.1) is 0 Å². The van der Waals surface area contributed by atoms with E-state index in [0.717, 1.165) is 19.5 Å². The third-order valence-corrected chi connectivity index (χ3v) is 4.47. The average molecular weight is 340 g/mol. The van der Waals surface area contributed by atoms with Gasteiger partial charge in [-0.2, -0.15) is 0 Å². The Labute approximate surface area is 148 Å². The Balaban J connectivity index is 1.54. The summed E-state index contributed by atoms with van der Waals surface area (Å²) in [6, 6.07) is 15.5. The lowest BCUT2D eigenvalue weighted by Crippen LogP contribution is -2.38. The molecule has 0 spiro atoms. The van der Waals surface area contributed by atoms with E-state index in [0.29, 0.717) is 17.9 Å². The van der Waals surface area contributed by atoms with Crippen LogP contribution in [0.3, 0.4) is 0 Å². The lowest BCUT2D eigenvalue weighted by molar-refractivity contribution is 0.0630. The standard InChI is InChI=1S/C20H24N2O3/c1-21-20(24)18-8-4-5-9-19(18)25-14-17(23)13-22-11-10-15-6-2-3-7-16(15)12-22/h2-9,17,23H,10-14H2,1H3,(H,21,24)/t17-/m0/s1. The van der Waals surface area contributed by atoms with E-state index in [4.69, 9.17) is 4.74 Å². The van der Waals surface area contributed by atoms with Gasteiger partial charge in [0.2, 0.25) is 0 Å². The highest BCUT2D eigenvalue weighted by Gasteiger charge is 2.19. The highest BCUT2D eigenvalue weighted by Crippen LogP contribution is 2.20. The fraction of sp³-hybridized carbons (Fsp3) is 0.350. The predicted octanol–water partition coefficient (Wildman–Crippen LogP) is 1.84. The maximum Gasteiger partial charge on any atom is 0.254 e. The first-order valence-electron chi connectivity index (χ1n) is 8.58. The highest BCUT2D eigenvalue weighted by molar-refractivity contribution is 5.96. The smallest absolute Gasteiger partial charge is 0.254 e. The summed E-state index contributed by atoms with van der Waals surface area (Å²) in [6.45, 7) is 2.49. The SMILES string of the molecule is CNC(=O)c1ccccc1OC[C@@H](O)CN1CCc2ccccc2C1. The number of amides is 1. The molecule has 3 rings (SSSR count). The van der Waals surface area contributed by atoms with Gasteiger partial charge in [-0.25, -0.2) is 0 Å². The quantitative estimate of drug-likeness (QED) is 0.842. The second-order valence-electron chi connectivity index (χ2n) is 6.29. The van der Waals surface area contributed by atoms with Crippen molar-refractivity contribution in [2.24, 2.45) is 0 Å². The molecule has 2 aromatic rings. The highest BCUT2D eigenvalue weighted by atomic mass is 16.5. The van der Waals surface area contributed by atoms with Crippen LogP contribution >= 0.6 is 0 Å². The molecule has 0 unspecified atom stereocenters. The number of hydrogen-bond acceptors (Lipinski definition) is 4. The Bertz CT molecular complexity index is 732. The second-order valence-corrected chi connectivity index (χ2v) is 6.29. The monoisotopic (exact) mass is 340 g/mol. The minimum Gasteiger partial charge on any atom is -0.490 e. The Kier molecular flexibility index (Phi) is 5.68. The third-order valence-electron chi connectivity index (χ3n) is 4.47. The summed E-state index contributed by atoms with van der Waals surface area (Å²) in [7, 11) is 1.59. The molecule has 1 aliphatic rings. The van der Waals surface area contributed by atoms with Gasteiger partial charge in [-0.3, -0.25) is 9.69 Å². The van der Waals surface area contributed by atoms with Gasteiger partial charge in [0.25, 0.3) is 5.91 Å². The molecule has 0 bridgehead atoms. The summed E-state index contributed by atoms with van der Waals surface area (Å²) in [5.41, 5.74) is 3.19. The molecule has 1 amide bonds. The van der Waals surface area contributed by atoms with E-state index in [1.54, 1.807) is 25.2 Å². The maximum atomic E-state index is 11.9. The molecule has 0 aromatic heterocycles. The molecular formula is C20H24N2O3. The van der Waals surface area contributed by atoms with E-state index in [1.165, 1.54) is 11.1 Å². The first kappa shape index (κ1) is 17.5. The summed E-state index contributed by atoms with van der Waals surface area (Å²) < 4.78 is 5.70. The minimum absolute atomic E-state index is 0.159. The normalized spacial score (nSPS) is 15.3. The number of β-amino-alcohol motifs (C(OH)–C–C–N with tert-alkyl or cyclic N) is 1. The Morgan fingerprint density at radius 3 is 2.72 bits per heavy atom. The van der Waals surface area contributed by atoms with Crippen molar-refractivity contribution in [3.8, 4) is 5.75 Å². The van der Waals surface area contributed by atoms with Crippen molar-refractivity contribution >= 4 is 5.91 Å². The molecule has 5 heteroatoms. The van der Waals surface area contributed by atoms with Crippen molar-refractivity contribution in [2.75, 3.05) is 26.7 Å². The number of aliphatic hydroxyl groups is 1. The van der Waals surface area contributed by atoms with Gasteiger partial charge in [-0.1, -0.05) is 36.4 Å². The molecule has 0 radical (unpaired) electrons. The van der Waals surface area contributed by atoms with Crippen LogP contribution in [0.1, 0.15) is 21.5 Å². The summed E-state index contributed by atoms with van der Waals surface area (Å²) in [5, 5.41) is 12.9. The van der Waals surface area contributed by atoms with Crippen LogP contribution in [-0.2, 0) is 13.0 Å². The lowest BCUT2D eigenvalue weighted by Gasteiger charge is -2.30. The van der Waals surface area contributed by atoms with Crippen molar-refractivity contribution in [2.45, 2.75) is 19.1 Å². The van der Waals surface area contributed by atoms with E-state index < -0.39 is 6.10 Å². The fourth-order valence-corrected chi connectivity index (χ4v) is 3.16. The first-order chi connectivity index (χ1) is 12.2. The number of fused-ring (bicyclic) bond motifs is 1. The van der Waals surface area contributed by atoms with Crippen LogP contribution in [0.4, 0.5) is 0 Å². The summed E-state index contributed by atoms with van der Waals surface area (Å²) in [6.07, 6.45) is 0.395. The van der Waals surface area contributed by atoms with Crippen LogP contribution in [0.25, 0.3) is 0 Å². The molecule has 5 nitrogen and oxygen atoms in total. The van der Waals surface area contributed by atoms with Crippen molar-refractivity contribution in [3.05, 3.63) is 65.2 Å². The van der Waals surface area contributed by atoms with Gasteiger partial charge in [0, 0.05) is 26.7 Å². The number of benzene rings is 2. The molecule has 25 heavy (non-hydrogen) atoms. The largest absolute Gasteiger partial charge is 0.490 e. The Hall–Kier alpha value is -2.37. The van der Waals surface area contributed by atoms with Crippen LogP contribution in [0.2, 0.25) is 0 Å². The van der Waals surface area contributed by atoms with Gasteiger partial charge in [0.05, 0.1) is 5.56 Å². The Morgan fingerprint density at radius 1 is 1.20 bits per heavy atom. The number of carbonyl (C=O) groups excluding carboxylic acids is 1. The third kappa shape index (κ3) is 4.38. The van der Waals surface area contributed by atoms with Crippen LogP contribution in [0.5, 0.6) is 5.75 Å². The van der Waals surface area contributed by atoms with Gasteiger partial charge in [-0.05, 0) is 29.7 Å². The van der Waals surface area contributed by atoms with Crippen LogP contribution < -0.4 is 10.1 Å². The van der Waals surface area contributed by atoms with Crippen LogP contribution in [-0.4, -0.2) is 48.8 Å². The summed E-state index contributed by atoms with van der Waals surface area (Å²) in [5.74, 6) is 0.294. The van der Waals surface area contributed by atoms with Crippen molar-refractivity contribution < 1.29 is 14.6 Å². The number of nitrogens with zero attached hydrogens (tertiary/aromatic N) is 1. The number of nitrogens with one attached hydrogen (secondary N) is 1. The minimum atomic E-state index is -0.608. The predicted molar refractivity (Wildman–Crippen MR) is 96.8 cm³/mol. The number of aliphatic hydroxyl groups excluding tert-OH is 1. The van der Waals surface area contributed by atoms with Crippen molar-refractivity contribution in [3.63, 3.8) is 0 Å². The first-order valence-corrected chi connectivity index (χ1v) is 8.58. The van der Waals surface area contributed by atoms with E-state index in [9.17, 15) is 9.90 Å². The van der Waals surface area contributed by atoms with E-state index >= 15 is 0 Å². The molecule has 0 aliphatic carbocycles. The molecule has 2 N–H and O–H groups in total. The number of carbonyl (C=O) groups is 1. The van der Waals surface area contributed by atoms with Gasteiger partial charge in [0.1, 0.15) is 18.5 Å². The van der Waals surface area contributed by atoms with E-state index in [1.807, 2.05) is 6.07 Å². The zero-order chi connectivity index (χ0) is 17.6. The van der Waals surface area contributed by atoms with Crippen molar-refractivity contribution in [1.82, 2.24) is 10.2 Å². The molecule has 132 valence electrons. The molecule has 0 saturated heterocycles. The topological polar surface area (TPSA) is 61.8 Å². The molecular weight excluding hydrogens is 316 g/mol. The van der Waals surface area contributed by atoms with Gasteiger partial charge < -0.3 is 15.2 Å². The zero-order valence-corrected chi connectivity index (χ0v) is 14.4. The van der Waals surface area contributed by atoms with Crippen LogP contribution in [0.15, 0.2) is 48.5 Å². The number of para-hydroxylation sites is 1. The maximum absolute atomic E-state index is 11.9. The van der Waals surface area contributed by atoms with Crippen LogP contribution in [0, 0.1) is 0 Å². The number of rotatable bonds is 6. The van der Waals surface area contributed by atoms with E-state index in [2.05, 4.69) is 34.5 Å². The molecule has 0 fully saturated rings.